The number of hydrogen-bond acceptors (Lipinski definition) is 6. The molecule has 2 rings (SSSR count). The second-order valence-corrected chi connectivity index (χ2v) is 5.06. The Morgan fingerprint density at radius 2 is 2.05 bits per heavy atom. The number of esters is 1. The van der Waals surface area contributed by atoms with E-state index in [0.29, 0.717) is 17.4 Å². The molecule has 0 radical (unpaired) electrons. The van der Waals surface area contributed by atoms with Crippen molar-refractivity contribution in [2.45, 2.75) is 25.7 Å². The number of carbonyl (C=O) groups is 1. The van der Waals surface area contributed by atoms with Crippen LogP contribution >= 0.6 is 0 Å². The number of methoxy groups -OCH3 is 1. The molecule has 1 saturated heterocycles. The second-order valence-electron chi connectivity index (χ2n) is 5.06. The Morgan fingerprint density at radius 3 is 2.60 bits per heavy atom. The van der Waals surface area contributed by atoms with Crippen LogP contribution < -0.4 is 4.90 Å². The Labute approximate surface area is 118 Å². The monoisotopic (exact) mass is 279 g/mol. The number of carbonyl (C=O) groups excluding carboxylic acids is 1. The third-order valence-electron chi connectivity index (χ3n) is 3.73. The van der Waals surface area contributed by atoms with Crippen molar-refractivity contribution in [1.82, 2.24) is 9.97 Å². The molecule has 1 aliphatic rings. The third-order valence-corrected chi connectivity index (χ3v) is 3.73. The molecule has 6 nitrogen and oxygen atoms in total. The number of anilines is 1. The van der Waals surface area contributed by atoms with Crippen LogP contribution in [-0.2, 0) is 4.74 Å². The zero-order chi connectivity index (χ0) is 14.4. The Bertz CT molecular complexity index is 428. The van der Waals surface area contributed by atoms with Crippen LogP contribution in [-0.4, -0.2) is 47.8 Å². The molecule has 2 heterocycles. The van der Waals surface area contributed by atoms with Crippen LogP contribution in [0.4, 0.5) is 5.95 Å². The van der Waals surface area contributed by atoms with Gasteiger partial charge in [-0.25, -0.2) is 14.8 Å². The summed E-state index contributed by atoms with van der Waals surface area (Å²) in [5.41, 5.74) is 0.370. The normalized spacial score (nSPS) is 16.2. The van der Waals surface area contributed by atoms with Gasteiger partial charge in [-0.3, -0.25) is 0 Å². The van der Waals surface area contributed by atoms with E-state index in [2.05, 4.69) is 19.6 Å². The minimum Gasteiger partial charge on any atom is -0.465 e. The van der Waals surface area contributed by atoms with Gasteiger partial charge in [-0.2, -0.15) is 0 Å². The maximum Gasteiger partial charge on any atom is 0.341 e. The standard InChI is InChI=1S/C14H21N3O3/c1-20-13(19)12-9-15-14(16-10-12)17-6-4-11(5-7-17)3-2-8-18/h9-11,18H,2-8H2,1H3. The number of aromatic nitrogens is 2. The predicted octanol–water partition coefficient (Wildman–Crippen LogP) is 1.25. The smallest absolute Gasteiger partial charge is 0.341 e. The molecule has 0 unspecified atom stereocenters. The van der Waals surface area contributed by atoms with E-state index in [1.54, 1.807) is 0 Å². The molecule has 110 valence electrons. The predicted molar refractivity (Wildman–Crippen MR) is 74.6 cm³/mol. The van der Waals surface area contributed by atoms with Gasteiger partial charge in [0, 0.05) is 32.1 Å². The number of hydrogen-bond donors (Lipinski definition) is 1. The molecule has 1 fully saturated rings. The fourth-order valence-corrected chi connectivity index (χ4v) is 2.51. The summed E-state index contributed by atoms with van der Waals surface area (Å²) in [6.07, 6.45) is 7.18. The third kappa shape index (κ3) is 3.66. The highest BCUT2D eigenvalue weighted by atomic mass is 16.5. The summed E-state index contributed by atoms with van der Waals surface area (Å²) in [6, 6.07) is 0. The van der Waals surface area contributed by atoms with Crippen molar-refractivity contribution < 1.29 is 14.6 Å². The van der Waals surface area contributed by atoms with E-state index in [-0.39, 0.29) is 6.61 Å². The summed E-state index contributed by atoms with van der Waals surface area (Å²) in [6.45, 7) is 2.12. The lowest BCUT2D eigenvalue weighted by Gasteiger charge is -2.31. The SMILES string of the molecule is COC(=O)c1cnc(N2CCC(CCCO)CC2)nc1. The van der Waals surface area contributed by atoms with E-state index < -0.39 is 5.97 Å². The quantitative estimate of drug-likeness (QED) is 0.818. The highest BCUT2D eigenvalue weighted by Gasteiger charge is 2.20. The van der Waals surface area contributed by atoms with Gasteiger partial charge in [0.15, 0.2) is 0 Å². The van der Waals surface area contributed by atoms with Gasteiger partial charge in [0.25, 0.3) is 0 Å². The summed E-state index contributed by atoms with van der Waals surface area (Å²) < 4.78 is 4.62. The van der Waals surface area contributed by atoms with Crippen molar-refractivity contribution in [3.63, 3.8) is 0 Å². The van der Waals surface area contributed by atoms with Crippen LogP contribution in [0.25, 0.3) is 0 Å². The highest BCUT2D eigenvalue weighted by Crippen LogP contribution is 2.23. The minimum atomic E-state index is -0.417. The van der Waals surface area contributed by atoms with Crippen molar-refractivity contribution in [2.24, 2.45) is 5.92 Å². The van der Waals surface area contributed by atoms with Crippen LogP contribution in [0.1, 0.15) is 36.0 Å². The molecule has 0 atom stereocenters. The van der Waals surface area contributed by atoms with E-state index >= 15 is 0 Å². The molecule has 0 aromatic carbocycles. The summed E-state index contributed by atoms with van der Waals surface area (Å²) in [5, 5.41) is 8.85. The molecular formula is C14H21N3O3. The number of piperidine rings is 1. The van der Waals surface area contributed by atoms with Gasteiger partial charge in [-0.1, -0.05) is 0 Å². The Hall–Kier alpha value is -1.69. The van der Waals surface area contributed by atoms with Crippen LogP contribution in [0, 0.1) is 5.92 Å². The molecular weight excluding hydrogens is 258 g/mol. The first-order chi connectivity index (χ1) is 9.74. The van der Waals surface area contributed by atoms with Gasteiger partial charge < -0.3 is 14.7 Å². The van der Waals surface area contributed by atoms with Crippen molar-refractivity contribution in [3.8, 4) is 0 Å². The van der Waals surface area contributed by atoms with Crippen LogP contribution in [0.5, 0.6) is 0 Å². The van der Waals surface area contributed by atoms with Crippen molar-refractivity contribution in [1.29, 1.82) is 0 Å². The fraction of sp³-hybridized carbons (Fsp3) is 0.643. The second kappa shape index (κ2) is 7.19. The first kappa shape index (κ1) is 14.7. The van der Waals surface area contributed by atoms with Crippen LogP contribution in [0.3, 0.4) is 0 Å². The number of nitrogens with zero attached hydrogens (tertiary/aromatic N) is 3. The first-order valence-corrected chi connectivity index (χ1v) is 7.00. The first-order valence-electron chi connectivity index (χ1n) is 7.00. The molecule has 1 aromatic rings. The van der Waals surface area contributed by atoms with Gasteiger partial charge in [-0.05, 0) is 31.6 Å². The summed E-state index contributed by atoms with van der Waals surface area (Å²) in [4.78, 5) is 21.9. The lowest BCUT2D eigenvalue weighted by Crippen LogP contribution is -2.35. The Morgan fingerprint density at radius 1 is 1.40 bits per heavy atom. The molecule has 1 N–H and O–H groups in total. The molecule has 6 heteroatoms. The average molecular weight is 279 g/mol. The van der Waals surface area contributed by atoms with Gasteiger partial charge in [0.1, 0.15) is 0 Å². The van der Waals surface area contributed by atoms with Gasteiger partial charge >= 0.3 is 5.97 Å². The number of aliphatic hydroxyl groups excluding tert-OH is 1. The summed E-state index contributed by atoms with van der Waals surface area (Å²) >= 11 is 0. The zero-order valence-corrected chi connectivity index (χ0v) is 11.8. The Kier molecular flexibility index (Phi) is 5.29. The van der Waals surface area contributed by atoms with Crippen LogP contribution in [0.15, 0.2) is 12.4 Å². The van der Waals surface area contributed by atoms with Gasteiger partial charge in [0.05, 0.1) is 12.7 Å². The molecule has 0 saturated carbocycles. The number of ether oxygens (including phenoxy) is 1. The lowest BCUT2D eigenvalue weighted by atomic mass is 9.92. The maximum absolute atomic E-state index is 11.3. The minimum absolute atomic E-state index is 0.276. The van der Waals surface area contributed by atoms with Crippen molar-refractivity contribution >= 4 is 11.9 Å². The largest absolute Gasteiger partial charge is 0.465 e. The van der Waals surface area contributed by atoms with Crippen molar-refractivity contribution in [2.75, 3.05) is 31.7 Å². The molecule has 0 bridgehead atoms. The molecule has 0 aliphatic carbocycles. The average Bonchev–Trinajstić information content (AvgIpc) is 2.53. The number of aliphatic hydroxyl groups is 1. The molecule has 0 amide bonds. The number of rotatable bonds is 5. The highest BCUT2D eigenvalue weighted by molar-refractivity contribution is 5.88. The fourth-order valence-electron chi connectivity index (χ4n) is 2.51. The van der Waals surface area contributed by atoms with Crippen molar-refractivity contribution in [3.05, 3.63) is 18.0 Å². The molecule has 1 aromatic heterocycles. The molecule has 20 heavy (non-hydrogen) atoms. The van der Waals surface area contributed by atoms with E-state index in [9.17, 15) is 4.79 Å². The van der Waals surface area contributed by atoms with Gasteiger partial charge in [0.2, 0.25) is 5.95 Å². The van der Waals surface area contributed by atoms with E-state index in [4.69, 9.17) is 5.11 Å². The van der Waals surface area contributed by atoms with E-state index in [0.717, 1.165) is 38.8 Å². The maximum atomic E-state index is 11.3. The van der Waals surface area contributed by atoms with Crippen LogP contribution in [0.2, 0.25) is 0 Å². The summed E-state index contributed by atoms with van der Waals surface area (Å²) in [7, 11) is 1.34. The van der Waals surface area contributed by atoms with E-state index in [1.807, 2.05) is 0 Å². The zero-order valence-electron chi connectivity index (χ0n) is 11.8. The van der Waals surface area contributed by atoms with E-state index in [1.165, 1.54) is 19.5 Å². The molecule has 0 spiro atoms. The topological polar surface area (TPSA) is 75.5 Å². The molecule has 1 aliphatic heterocycles. The van der Waals surface area contributed by atoms with Gasteiger partial charge in [-0.15, -0.1) is 0 Å². The Balaban J connectivity index is 1.89. The summed E-state index contributed by atoms with van der Waals surface area (Å²) in [5.74, 6) is 0.935. The lowest BCUT2D eigenvalue weighted by molar-refractivity contribution is 0.0600.